The van der Waals surface area contributed by atoms with Gasteiger partial charge in [0.25, 0.3) is 5.79 Å². The summed E-state index contributed by atoms with van der Waals surface area (Å²) in [5, 5.41) is 7.85. The van der Waals surface area contributed by atoms with Crippen molar-refractivity contribution in [3.05, 3.63) is 63.1 Å². The maximum absolute atomic E-state index is 12.2. The highest BCUT2D eigenvalue weighted by Gasteiger charge is 2.46. The Kier molecular flexibility index (Phi) is 5.91. The molecule has 0 amide bonds. The molecule has 1 saturated heterocycles. The van der Waals surface area contributed by atoms with E-state index in [9.17, 15) is 9.59 Å². The molecule has 6 nitrogen and oxygen atoms in total. The van der Waals surface area contributed by atoms with Crippen LogP contribution in [0.2, 0.25) is 10.0 Å². The third-order valence-corrected chi connectivity index (χ3v) is 6.06. The maximum atomic E-state index is 12.2. The van der Waals surface area contributed by atoms with Gasteiger partial charge in [-0.15, -0.1) is 0 Å². The molecule has 4 rings (SSSR count). The Morgan fingerprint density at radius 2 is 1.70 bits per heavy atom. The second-order valence-electron chi connectivity index (χ2n) is 7.46. The first-order chi connectivity index (χ1) is 14.4. The van der Waals surface area contributed by atoms with E-state index in [0.29, 0.717) is 34.3 Å². The van der Waals surface area contributed by atoms with Gasteiger partial charge in [0.2, 0.25) is 0 Å². The zero-order chi connectivity index (χ0) is 21.3. The van der Waals surface area contributed by atoms with Crippen LogP contribution in [0.15, 0.2) is 36.4 Å². The third-order valence-electron chi connectivity index (χ3n) is 5.41. The van der Waals surface area contributed by atoms with E-state index in [1.165, 1.54) is 0 Å². The lowest BCUT2D eigenvalue weighted by Gasteiger charge is -2.32. The molecule has 1 unspecified atom stereocenters. The molecule has 0 aliphatic carbocycles. The number of fused-ring (bicyclic) bond motifs is 2. The van der Waals surface area contributed by atoms with Crippen LogP contribution in [0.3, 0.4) is 0 Å². The van der Waals surface area contributed by atoms with Crippen LogP contribution in [-0.4, -0.2) is 25.0 Å². The summed E-state index contributed by atoms with van der Waals surface area (Å²) < 4.78 is 11.4. The first-order valence-electron chi connectivity index (χ1n) is 9.87. The Labute approximate surface area is 184 Å². The van der Waals surface area contributed by atoms with E-state index in [0.717, 1.165) is 11.1 Å². The van der Waals surface area contributed by atoms with Crippen molar-refractivity contribution in [3.63, 3.8) is 0 Å². The third kappa shape index (κ3) is 4.00. The van der Waals surface area contributed by atoms with Gasteiger partial charge in [-0.25, -0.2) is 0 Å². The molecule has 2 aliphatic rings. The van der Waals surface area contributed by atoms with Crippen molar-refractivity contribution in [1.29, 1.82) is 0 Å². The normalized spacial score (nSPS) is 19.2. The highest BCUT2D eigenvalue weighted by Crippen LogP contribution is 2.41. The molecule has 2 N–H and O–H groups in total. The average Bonchev–Trinajstić information content (AvgIpc) is 2.97. The zero-order valence-corrected chi connectivity index (χ0v) is 18.0. The highest BCUT2D eigenvalue weighted by molar-refractivity contribution is 6.33. The molecule has 1 atom stereocenters. The molecule has 2 aromatic carbocycles. The molecule has 0 bridgehead atoms. The fraction of sp³-hybridized carbons (Fsp3) is 0.364. The number of rotatable bonds is 3. The lowest BCUT2D eigenvalue weighted by molar-refractivity contribution is -0.225. The first kappa shape index (κ1) is 21.0. The summed E-state index contributed by atoms with van der Waals surface area (Å²) in [5.41, 5.74) is 3.10. The van der Waals surface area contributed by atoms with Gasteiger partial charge in [-0.2, -0.15) is 0 Å². The predicted molar refractivity (Wildman–Crippen MR) is 115 cm³/mol. The largest absolute Gasteiger partial charge is 0.416 e. The number of hydrogen-bond donors (Lipinski definition) is 2. The van der Waals surface area contributed by atoms with Crippen molar-refractivity contribution >= 4 is 40.8 Å². The van der Waals surface area contributed by atoms with E-state index >= 15 is 0 Å². The summed E-state index contributed by atoms with van der Waals surface area (Å²) in [6.07, 6.45) is 0.612. The summed E-state index contributed by atoms with van der Waals surface area (Å²) in [5.74, 6) is -2.45. The Morgan fingerprint density at radius 3 is 2.40 bits per heavy atom. The van der Waals surface area contributed by atoms with Crippen LogP contribution in [0, 0.1) is 0 Å². The van der Waals surface area contributed by atoms with Gasteiger partial charge in [0.1, 0.15) is 0 Å². The minimum atomic E-state index is -1.51. The number of ether oxygens (including phenoxy) is 2. The van der Waals surface area contributed by atoms with Gasteiger partial charge < -0.3 is 20.1 Å². The van der Waals surface area contributed by atoms with Crippen molar-refractivity contribution in [2.45, 2.75) is 38.0 Å². The second kappa shape index (κ2) is 8.46. The van der Waals surface area contributed by atoms with Crippen molar-refractivity contribution in [2.24, 2.45) is 0 Å². The highest BCUT2D eigenvalue weighted by atomic mass is 35.5. The van der Waals surface area contributed by atoms with E-state index < -0.39 is 17.7 Å². The summed E-state index contributed by atoms with van der Waals surface area (Å²) in [7, 11) is 0. The lowest BCUT2D eigenvalue weighted by Crippen LogP contribution is -2.43. The summed E-state index contributed by atoms with van der Waals surface area (Å²) in [4.78, 5) is 24.5. The van der Waals surface area contributed by atoms with Gasteiger partial charge in [0, 0.05) is 10.6 Å². The number of esters is 2. The molecule has 2 heterocycles. The van der Waals surface area contributed by atoms with Crippen molar-refractivity contribution < 1.29 is 19.1 Å². The Hall–Kier alpha value is -2.28. The number of hydrogen-bond acceptors (Lipinski definition) is 6. The number of halogens is 2. The van der Waals surface area contributed by atoms with Crippen LogP contribution in [0.4, 0.5) is 5.69 Å². The number of anilines is 1. The second-order valence-corrected chi connectivity index (χ2v) is 8.28. The zero-order valence-electron chi connectivity index (χ0n) is 16.5. The molecule has 1 fully saturated rings. The number of carbonyl (C=O) groups is 2. The van der Waals surface area contributed by atoms with Gasteiger partial charge in [0.05, 0.1) is 36.1 Å². The van der Waals surface area contributed by atoms with Crippen LogP contribution >= 0.6 is 23.2 Å². The molecule has 2 aromatic rings. The van der Waals surface area contributed by atoms with Crippen molar-refractivity contribution in [2.75, 3.05) is 18.4 Å². The minimum Gasteiger partial charge on any atom is -0.416 e. The topological polar surface area (TPSA) is 76.7 Å². The summed E-state index contributed by atoms with van der Waals surface area (Å²) in [6, 6.07) is 11.0. The number of carbonyl (C=O) groups excluding carboxylic acids is 2. The van der Waals surface area contributed by atoms with E-state index in [4.69, 9.17) is 32.7 Å². The molecular weight excluding hydrogens is 427 g/mol. The van der Waals surface area contributed by atoms with Crippen LogP contribution in [0.1, 0.15) is 42.5 Å². The van der Waals surface area contributed by atoms with Gasteiger partial charge in [-0.1, -0.05) is 41.4 Å². The molecule has 30 heavy (non-hydrogen) atoms. The van der Waals surface area contributed by atoms with E-state index in [-0.39, 0.29) is 25.4 Å². The molecule has 0 radical (unpaired) electrons. The predicted octanol–water partition coefficient (Wildman–Crippen LogP) is 4.35. The SMILES string of the molecule is CC(Nc1c(Cl)ccc2c1CCNCC21OC(=O)CCC(=O)O1)c1ccccc1Cl. The van der Waals surface area contributed by atoms with E-state index in [2.05, 4.69) is 10.6 Å². The van der Waals surface area contributed by atoms with Crippen molar-refractivity contribution in [1.82, 2.24) is 5.32 Å². The van der Waals surface area contributed by atoms with Crippen LogP contribution in [-0.2, 0) is 31.3 Å². The summed E-state index contributed by atoms with van der Waals surface area (Å²) in [6.45, 7) is 2.78. The Morgan fingerprint density at radius 1 is 1.00 bits per heavy atom. The van der Waals surface area contributed by atoms with E-state index in [1.54, 1.807) is 12.1 Å². The molecule has 158 valence electrons. The minimum absolute atomic E-state index is 0.00183. The quantitative estimate of drug-likeness (QED) is 0.679. The van der Waals surface area contributed by atoms with Gasteiger partial charge in [-0.05, 0) is 49.2 Å². The van der Waals surface area contributed by atoms with Gasteiger partial charge in [-0.3, -0.25) is 9.59 Å². The van der Waals surface area contributed by atoms with Gasteiger partial charge >= 0.3 is 11.9 Å². The molecule has 0 saturated carbocycles. The first-order valence-corrected chi connectivity index (χ1v) is 10.6. The fourth-order valence-corrected chi connectivity index (χ4v) is 4.48. The van der Waals surface area contributed by atoms with Crippen LogP contribution in [0.25, 0.3) is 0 Å². The maximum Gasteiger partial charge on any atom is 0.309 e. The fourth-order valence-electron chi connectivity index (χ4n) is 3.95. The lowest BCUT2D eigenvalue weighted by atomic mass is 9.95. The molecule has 2 aliphatic heterocycles. The smallest absolute Gasteiger partial charge is 0.309 e. The summed E-state index contributed by atoms with van der Waals surface area (Å²) >= 11 is 12.9. The average molecular weight is 449 g/mol. The monoisotopic (exact) mass is 448 g/mol. The molecule has 8 heteroatoms. The standard InChI is InChI=1S/C22H22Cl2N2O4/c1-13(14-4-2-3-5-17(14)23)26-21-15-10-11-25-12-22(16(15)6-7-18(21)24)29-19(27)8-9-20(28)30-22/h2-7,13,25-26H,8-12H2,1H3. The Balaban J connectivity index is 1.78. The molecular formula is C22H22Cl2N2O4. The van der Waals surface area contributed by atoms with Crippen LogP contribution < -0.4 is 10.6 Å². The number of nitrogens with one attached hydrogen (secondary N) is 2. The molecule has 0 aromatic heterocycles. The number of benzene rings is 2. The van der Waals surface area contributed by atoms with Crippen molar-refractivity contribution in [3.8, 4) is 0 Å². The molecule has 1 spiro atoms. The van der Waals surface area contributed by atoms with Gasteiger partial charge in [0.15, 0.2) is 0 Å². The van der Waals surface area contributed by atoms with Crippen LogP contribution in [0.5, 0.6) is 0 Å². The Bertz CT molecular complexity index is 977. The van der Waals surface area contributed by atoms with E-state index in [1.807, 2.05) is 31.2 Å².